The molecule has 196 valence electrons. The monoisotopic (exact) mass is 509 g/mol. The van der Waals surface area contributed by atoms with Crippen LogP contribution in [0.25, 0.3) is 22.3 Å². The van der Waals surface area contributed by atoms with Crippen LogP contribution in [-0.4, -0.2) is 68.6 Å². The van der Waals surface area contributed by atoms with Crippen molar-refractivity contribution in [3.05, 3.63) is 41.1 Å². The first kappa shape index (κ1) is 25.1. The summed E-state index contributed by atoms with van der Waals surface area (Å²) in [4.78, 5) is 39.2. The third-order valence-electron chi connectivity index (χ3n) is 7.19. The Morgan fingerprint density at radius 2 is 1.95 bits per heavy atom. The maximum Gasteiger partial charge on any atom is 0.255 e. The number of hydrogen-bond donors (Lipinski definition) is 3. The average molecular weight is 510 g/mol. The number of carbonyl (C=O) groups is 2. The standard InChI is InChI=1S/C27H32FN5O4/c1-14-10-19(21(11-20(14)28)37-12-17-4-5-17)23-25-24(30-13-29-23)22(15(2)31-25)26(35)32-18-6-8-33(9-7-18)27(36)16(3)34/h10-11,13,16-18,31,34H,4-9,12H2,1-3H3,(H,32,35)/t16-/m0/s1. The Hall–Kier alpha value is -3.53. The van der Waals surface area contributed by atoms with E-state index in [-0.39, 0.29) is 23.7 Å². The summed E-state index contributed by atoms with van der Waals surface area (Å²) in [6, 6.07) is 3.02. The van der Waals surface area contributed by atoms with Crippen molar-refractivity contribution in [1.29, 1.82) is 0 Å². The van der Waals surface area contributed by atoms with E-state index < -0.39 is 6.10 Å². The van der Waals surface area contributed by atoms with Crippen molar-refractivity contribution in [2.45, 2.75) is 58.6 Å². The fourth-order valence-electron chi connectivity index (χ4n) is 4.83. The molecule has 2 amide bonds. The van der Waals surface area contributed by atoms with Crippen molar-refractivity contribution in [3.8, 4) is 17.0 Å². The number of aliphatic hydroxyl groups is 1. The Morgan fingerprint density at radius 3 is 2.62 bits per heavy atom. The van der Waals surface area contributed by atoms with Gasteiger partial charge in [-0.05, 0) is 64.0 Å². The highest BCUT2D eigenvalue weighted by molar-refractivity contribution is 6.09. The number of aryl methyl sites for hydroxylation is 2. The van der Waals surface area contributed by atoms with Crippen LogP contribution >= 0.6 is 0 Å². The van der Waals surface area contributed by atoms with Gasteiger partial charge in [0.05, 0.1) is 17.7 Å². The smallest absolute Gasteiger partial charge is 0.255 e. The van der Waals surface area contributed by atoms with Crippen LogP contribution < -0.4 is 10.1 Å². The van der Waals surface area contributed by atoms with E-state index in [0.29, 0.717) is 83.3 Å². The summed E-state index contributed by atoms with van der Waals surface area (Å²) in [6.45, 7) is 6.44. The van der Waals surface area contributed by atoms with E-state index in [4.69, 9.17) is 4.74 Å². The van der Waals surface area contributed by atoms with Crippen LogP contribution in [0.5, 0.6) is 5.75 Å². The second kappa shape index (κ2) is 10.1. The number of amides is 2. The minimum atomic E-state index is -1.03. The first-order chi connectivity index (χ1) is 17.7. The fourth-order valence-corrected chi connectivity index (χ4v) is 4.83. The lowest BCUT2D eigenvalue weighted by atomic mass is 10.0. The number of ether oxygens (including phenoxy) is 1. The number of piperidine rings is 1. The topological polar surface area (TPSA) is 120 Å². The number of carbonyl (C=O) groups excluding carboxylic acids is 2. The number of likely N-dealkylation sites (tertiary alicyclic amines) is 1. The molecule has 0 spiro atoms. The van der Waals surface area contributed by atoms with Crippen molar-refractivity contribution in [3.63, 3.8) is 0 Å². The van der Waals surface area contributed by atoms with Crippen molar-refractivity contribution < 1.29 is 23.8 Å². The molecule has 1 aliphatic heterocycles. The van der Waals surface area contributed by atoms with Crippen LogP contribution in [-0.2, 0) is 4.79 Å². The molecule has 0 unspecified atom stereocenters. The number of hydrogen-bond acceptors (Lipinski definition) is 6. The molecule has 10 heteroatoms. The van der Waals surface area contributed by atoms with Gasteiger partial charge in [0.2, 0.25) is 0 Å². The molecule has 0 bridgehead atoms. The Bertz CT molecular complexity index is 1340. The molecule has 3 aromatic rings. The van der Waals surface area contributed by atoms with Crippen LogP contribution in [0.3, 0.4) is 0 Å². The molecule has 2 aliphatic rings. The highest BCUT2D eigenvalue weighted by Crippen LogP contribution is 2.37. The molecule has 5 rings (SSSR count). The normalized spacial score (nSPS) is 17.2. The number of halogens is 1. The summed E-state index contributed by atoms with van der Waals surface area (Å²) >= 11 is 0. The number of aliphatic hydroxyl groups excluding tert-OH is 1. The summed E-state index contributed by atoms with van der Waals surface area (Å²) in [5, 5.41) is 12.6. The van der Waals surface area contributed by atoms with Gasteiger partial charge in [-0.15, -0.1) is 0 Å². The first-order valence-electron chi connectivity index (χ1n) is 12.8. The van der Waals surface area contributed by atoms with Crippen LogP contribution in [0.15, 0.2) is 18.5 Å². The molecule has 37 heavy (non-hydrogen) atoms. The summed E-state index contributed by atoms with van der Waals surface area (Å²) in [7, 11) is 0. The van der Waals surface area contributed by atoms with Gasteiger partial charge in [0, 0.05) is 36.5 Å². The second-order valence-corrected chi connectivity index (χ2v) is 10.2. The number of fused-ring (bicyclic) bond motifs is 1. The van der Waals surface area contributed by atoms with E-state index in [9.17, 15) is 19.1 Å². The molecule has 1 aromatic carbocycles. The van der Waals surface area contributed by atoms with Crippen LogP contribution in [0.4, 0.5) is 4.39 Å². The summed E-state index contributed by atoms with van der Waals surface area (Å²) in [5.41, 5.74) is 3.82. The van der Waals surface area contributed by atoms with Crippen molar-refractivity contribution in [1.82, 2.24) is 25.2 Å². The summed E-state index contributed by atoms with van der Waals surface area (Å²) in [6.07, 6.45) is 3.81. The maximum atomic E-state index is 14.4. The highest BCUT2D eigenvalue weighted by Gasteiger charge is 2.29. The molecule has 3 N–H and O–H groups in total. The Morgan fingerprint density at radius 1 is 1.22 bits per heavy atom. The van der Waals surface area contributed by atoms with E-state index in [1.807, 2.05) is 6.92 Å². The predicted octanol–water partition coefficient (Wildman–Crippen LogP) is 3.27. The van der Waals surface area contributed by atoms with Crippen LogP contribution in [0, 0.1) is 25.6 Å². The molecule has 1 aliphatic carbocycles. The zero-order chi connectivity index (χ0) is 26.3. The van der Waals surface area contributed by atoms with E-state index in [1.165, 1.54) is 19.3 Å². The molecule has 9 nitrogen and oxygen atoms in total. The van der Waals surface area contributed by atoms with Gasteiger partial charge in [-0.2, -0.15) is 0 Å². The van der Waals surface area contributed by atoms with Gasteiger partial charge in [-0.25, -0.2) is 14.4 Å². The molecule has 2 aromatic heterocycles. The van der Waals surface area contributed by atoms with E-state index in [2.05, 4.69) is 20.3 Å². The third-order valence-corrected chi connectivity index (χ3v) is 7.19. The fraction of sp³-hybridized carbons (Fsp3) is 0.481. The number of aromatic amines is 1. The largest absolute Gasteiger partial charge is 0.492 e. The van der Waals surface area contributed by atoms with Crippen molar-refractivity contribution in [2.24, 2.45) is 5.92 Å². The van der Waals surface area contributed by atoms with Gasteiger partial charge in [-0.1, -0.05) is 0 Å². The SMILES string of the molecule is Cc1cc(-c2ncnc3c(C(=O)NC4CCN(C(=O)[C@H](C)O)CC4)c(C)[nH]c23)c(OCC2CC2)cc1F. The Kier molecular flexibility index (Phi) is 6.85. The quantitative estimate of drug-likeness (QED) is 0.450. The van der Waals surface area contributed by atoms with E-state index in [0.717, 1.165) is 12.8 Å². The van der Waals surface area contributed by atoms with E-state index >= 15 is 0 Å². The van der Waals surface area contributed by atoms with Gasteiger partial charge in [0.25, 0.3) is 11.8 Å². The lowest BCUT2D eigenvalue weighted by Gasteiger charge is -2.33. The average Bonchev–Trinajstić information content (AvgIpc) is 3.64. The third kappa shape index (κ3) is 5.16. The number of aromatic nitrogens is 3. The zero-order valence-electron chi connectivity index (χ0n) is 21.3. The van der Waals surface area contributed by atoms with Gasteiger partial charge in [-0.3, -0.25) is 9.59 Å². The molecule has 3 heterocycles. The van der Waals surface area contributed by atoms with Gasteiger partial charge in [0.1, 0.15) is 35.2 Å². The molecule has 1 atom stereocenters. The molecular weight excluding hydrogens is 477 g/mol. The summed E-state index contributed by atoms with van der Waals surface area (Å²) < 4.78 is 20.4. The molecule has 1 saturated carbocycles. The van der Waals surface area contributed by atoms with Crippen LogP contribution in [0.1, 0.15) is 54.2 Å². The minimum absolute atomic E-state index is 0.0987. The molecule has 1 saturated heterocycles. The predicted molar refractivity (Wildman–Crippen MR) is 136 cm³/mol. The minimum Gasteiger partial charge on any atom is -0.492 e. The maximum absolute atomic E-state index is 14.4. The van der Waals surface area contributed by atoms with Crippen LogP contribution in [0.2, 0.25) is 0 Å². The van der Waals surface area contributed by atoms with Gasteiger partial charge >= 0.3 is 0 Å². The van der Waals surface area contributed by atoms with Crippen molar-refractivity contribution in [2.75, 3.05) is 19.7 Å². The van der Waals surface area contributed by atoms with Gasteiger partial charge < -0.3 is 25.0 Å². The Balaban J connectivity index is 1.41. The number of nitrogens with zero attached hydrogens (tertiary/aromatic N) is 3. The Labute approximate surface area is 214 Å². The molecular formula is C27H32FN5O4. The number of benzene rings is 1. The molecule has 2 fully saturated rings. The lowest BCUT2D eigenvalue weighted by Crippen LogP contribution is -2.48. The first-order valence-corrected chi connectivity index (χ1v) is 12.8. The number of rotatable bonds is 7. The van der Waals surface area contributed by atoms with Gasteiger partial charge in [0.15, 0.2) is 0 Å². The van der Waals surface area contributed by atoms with Crippen molar-refractivity contribution >= 4 is 22.8 Å². The van der Waals surface area contributed by atoms with E-state index in [1.54, 1.807) is 17.9 Å². The molecule has 0 radical (unpaired) electrons. The highest BCUT2D eigenvalue weighted by atomic mass is 19.1. The summed E-state index contributed by atoms with van der Waals surface area (Å²) in [5.74, 6) is 0.0328. The zero-order valence-corrected chi connectivity index (χ0v) is 21.3. The lowest BCUT2D eigenvalue weighted by molar-refractivity contribution is -0.140. The number of H-pyrrole nitrogens is 1. The second-order valence-electron chi connectivity index (χ2n) is 10.2. The number of nitrogens with one attached hydrogen (secondary N) is 2.